The summed E-state index contributed by atoms with van der Waals surface area (Å²) >= 11 is 0. The Hall–Kier alpha value is -2.54. The van der Waals surface area contributed by atoms with Crippen LogP contribution in [0.5, 0.6) is 11.5 Å². The Morgan fingerprint density at radius 2 is 1.96 bits per heavy atom. The van der Waals surface area contributed by atoms with Gasteiger partial charge < -0.3 is 19.5 Å². The Labute approximate surface area is 151 Å². The van der Waals surface area contributed by atoms with E-state index in [1.165, 1.54) is 0 Å². The molecule has 7 heteroatoms. The largest absolute Gasteiger partial charge is 0.454 e. The lowest BCUT2D eigenvalue weighted by atomic mass is 9.77. The molecule has 1 amide bonds. The molecular weight excluding hydrogens is 334 g/mol. The fourth-order valence-corrected chi connectivity index (χ4v) is 4.55. The van der Waals surface area contributed by atoms with Crippen molar-refractivity contribution in [2.45, 2.75) is 25.0 Å². The molecule has 1 aromatic heterocycles. The van der Waals surface area contributed by atoms with E-state index >= 15 is 0 Å². The number of fused-ring (bicyclic) bond motifs is 2. The number of amides is 1. The number of carbonyl (C=O) groups is 1. The lowest BCUT2D eigenvalue weighted by Gasteiger charge is -2.35. The zero-order valence-electron chi connectivity index (χ0n) is 14.3. The Balaban J connectivity index is 1.32. The van der Waals surface area contributed by atoms with Gasteiger partial charge in [0, 0.05) is 31.0 Å². The highest BCUT2D eigenvalue weighted by Crippen LogP contribution is 2.41. The van der Waals surface area contributed by atoms with Gasteiger partial charge in [-0.25, -0.2) is 0 Å². The summed E-state index contributed by atoms with van der Waals surface area (Å²) in [5.74, 6) is 2.06. The molecule has 3 aliphatic rings. The van der Waals surface area contributed by atoms with Crippen LogP contribution >= 0.6 is 0 Å². The number of likely N-dealkylation sites (tertiary alicyclic amines) is 1. The van der Waals surface area contributed by atoms with E-state index in [1.54, 1.807) is 24.4 Å². The summed E-state index contributed by atoms with van der Waals surface area (Å²) < 4.78 is 12.5. The molecule has 1 N–H and O–H groups in total. The smallest absolute Gasteiger partial charge is 0.254 e. The molecule has 26 heavy (non-hydrogen) atoms. The molecule has 4 atom stereocenters. The maximum absolute atomic E-state index is 12.9. The van der Waals surface area contributed by atoms with Crippen LogP contribution in [0.4, 0.5) is 0 Å². The molecular formula is C19H21N3O4. The lowest BCUT2D eigenvalue weighted by molar-refractivity contribution is 0.0306. The molecule has 3 heterocycles. The maximum atomic E-state index is 12.9. The van der Waals surface area contributed by atoms with Gasteiger partial charge >= 0.3 is 0 Å². The Kier molecular flexibility index (Phi) is 3.63. The number of nitrogens with zero attached hydrogens (tertiary/aromatic N) is 3. The zero-order chi connectivity index (χ0) is 17.7. The SMILES string of the molecule is O=C(c1ccc2c(c1)OCO2)N1C[C@H]2C[C@@H](n3cccn3)[C@H](O)C[C@H]2C1. The third-order valence-corrected chi connectivity index (χ3v) is 5.88. The molecule has 136 valence electrons. The average Bonchev–Trinajstić information content (AvgIpc) is 3.38. The van der Waals surface area contributed by atoms with Crippen LogP contribution in [-0.2, 0) is 0 Å². The third-order valence-electron chi connectivity index (χ3n) is 5.88. The van der Waals surface area contributed by atoms with Crippen molar-refractivity contribution in [1.29, 1.82) is 0 Å². The first-order chi connectivity index (χ1) is 12.7. The summed E-state index contributed by atoms with van der Waals surface area (Å²) in [6.07, 6.45) is 4.77. The number of hydrogen-bond acceptors (Lipinski definition) is 5. The van der Waals surface area contributed by atoms with E-state index in [-0.39, 0.29) is 18.7 Å². The Morgan fingerprint density at radius 3 is 2.77 bits per heavy atom. The zero-order valence-corrected chi connectivity index (χ0v) is 14.3. The molecule has 0 spiro atoms. The molecule has 1 aliphatic carbocycles. The number of benzene rings is 1. The summed E-state index contributed by atoms with van der Waals surface area (Å²) in [7, 11) is 0. The second kappa shape index (κ2) is 6.02. The molecule has 7 nitrogen and oxygen atoms in total. The van der Waals surface area contributed by atoms with Gasteiger partial charge in [0.05, 0.1) is 12.1 Å². The molecule has 1 saturated carbocycles. The monoisotopic (exact) mass is 355 g/mol. The van der Waals surface area contributed by atoms with Crippen LogP contribution in [0.25, 0.3) is 0 Å². The first-order valence-electron chi connectivity index (χ1n) is 9.05. The molecule has 5 rings (SSSR count). The molecule has 0 unspecified atom stereocenters. The standard InChI is InChI=1S/C19H21N3O4/c23-16-7-14-10-21(9-13(14)6-15(16)22-5-1-4-20-22)19(24)12-2-3-17-18(8-12)26-11-25-17/h1-5,8,13-16,23H,6-7,9-11H2/t13-,14+,15-,16-/m1/s1. The highest BCUT2D eigenvalue weighted by Gasteiger charge is 2.43. The number of aromatic nitrogens is 2. The first kappa shape index (κ1) is 15.7. The van der Waals surface area contributed by atoms with E-state index in [4.69, 9.17) is 9.47 Å². The van der Waals surface area contributed by atoms with Gasteiger partial charge in [-0.1, -0.05) is 0 Å². The van der Waals surface area contributed by atoms with Crippen LogP contribution in [0.15, 0.2) is 36.7 Å². The van der Waals surface area contributed by atoms with Gasteiger partial charge in [-0.2, -0.15) is 5.10 Å². The van der Waals surface area contributed by atoms with Crippen LogP contribution in [0.1, 0.15) is 29.2 Å². The first-order valence-corrected chi connectivity index (χ1v) is 9.05. The normalized spacial score (nSPS) is 29.7. The van der Waals surface area contributed by atoms with E-state index in [2.05, 4.69) is 5.10 Å². The second-order valence-electron chi connectivity index (χ2n) is 7.39. The van der Waals surface area contributed by atoms with Crippen molar-refractivity contribution in [2.24, 2.45) is 11.8 Å². The minimum absolute atomic E-state index is 0.00755. The molecule has 2 aromatic rings. The Bertz CT molecular complexity index is 822. The summed E-state index contributed by atoms with van der Waals surface area (Å²) in [6, 6.07) is 7.21. The van der Waals surface area contributed by atoms with Crippen molar-refractivity contribution in [2.75, 3.05) is 19.9 Å². The number of hydrogen-bond donors (Lipinski definition) is 1. The van der Waals surface area contributed by atoms with E-state index in [1.807, 2.05) is 21.8 Å². The summed E-state index contributed by atoms with van der Waals surface area (Å²) in [5, 5.41) is 14.8. The van der Waals surface area contributed by atoms with Crippen LogP contribution in [0, 0.1) is 11.8 Å². The topological polar surface area (TPSA) is 76.8 Å². The van der Waals surface area contributed by atoms with E-state index in [0.29, 0.717) is 41.9 Å². The minimum atomic E-state index is -0.420. The van der Waals surface area contributed by atoms with Gasteiger partial charge in [0.1, 0.15) is 0 Å². The number of aliphatic hydroxyl groups excluding tert-OH is 1. The van der Waals surface area contributed by atoms with Gasteiger partial charge in [0.2, 0.25) is 6.79 Å². The van der Waals surface area contributed by atoms with Gasteiger partial charge in [0.25, 0.3) is 5.91 Å². The highest BCUT2D eigenvalue weighted by atomic mass is 16.7. The van der Waals surface area contributed by atoms with Crippen molar-refractivity contribution in [3.8, 4) is 11.5 Å². The van der Waals surface area contributed by atoms with Crippen LogP contribution in [0.3, 0.4) is 0 Å². The number of carbonyl (C=O) groups excluding carboxylic acids is 1. The molecule has 1 aromatic carbocycles. The fourth-order valence-electron chi connectivity index (χ4n) is 4.55. The van der Waals surface area contributed by atoms with Crippen LogP contribution in [-0.4, -0.2) is 51.7 Å². The quantitative estimate of drug-likeness (QED) is 0.887. The molecule has 2 aliphatic heterocycles. The summed E-state index contributed by atoms with van der Waals surface area (Å²) in [4.78, 5) is 14.8. The second-order valence-corrected chi connectivity index (χ2v) is 7.39. The highest BCUT2D eigenvalue weighted by molar-refractivity contribution is 5.95. The maximum Gasteiger partial charge on any atom is 0.254 e. The van der Waals surface area contributed by atoms with Crippen molar-refractivity contribution in [3.63, 3.8) is 0 Å². The lowest BCUT2D eigenvalue weighted by Crippen LogP contribution is -2.36. The van der Waals surface area contributed by atoms with Gasteiger partial charge in [-0.05, 0) is 48.9 Å². The predicted octanol–water partition coefficient (Wildman–Crippen LogP) is 1.70. The van der Waals surface area contributed by atoms with Crippen LogP contribution in [0.2, 0.25) is 0 Å². The molecule has 1 saturated heterocycles. The number of aliphatic hydroxyl groups is 1. The van der Waals surface area contributed by atoms with Gasteiger partial charge in [-0.3, -0.25) is 9.48 Å². The third kappa shape index (κ3) is 2.54. The minimum Gasteiger partial charge on any atom is -0.454 e. The van der Waals surface area contributed by atoms with Gasteiger partial charge in [-0.15, -0.1) is 0 Å². The van der Waals surface area contributed by atoms with E-state index in [9.17, 15) is 9.90 Å². The fraction of sp³-hybridized carbons (Fsp3) is 0.474. The van der Waals surface area contributed by atoms with Crippen molar-refractivity contribution >= 4 is 5.91 Å². The van der Waals surface area contributed by atoms with Crippen molar-refractivity contribution < 1.29 is 19.4 Å². The van der Waals surface area contributed by atoms with E-state index in [0.717, 1.165) is 13.0 Å². The van der Waals surface area contributed by atoms with Crippen molar-refractivity contribution in [3.05, 3.63) is 42.2 Å². The number of rotatable bonds is 2. The molecule has 0 bridgehead atoms. The van der Waals surface area contributed by atoms with Crippen LogP contribution < -0.4 is 9.47 Å². The summed E-state index contributed by atoms with van der Waals surface area (Å²) in [6.45, 7) is 1.62. The summed E-state index contributed by atoms with van der Waals surface area (Å²) in [5.41, 5.74) is 0.622. The molecule has 0 radical (unpaired) electrons. The molecule has 2 fully saturated rings. The van der Waals surface area contributed by atoms with Gasteiger partial charge in [0.15, 0.2) is 11.5 Å². The number of ether oxygens (including phenoxy) is 2. The Morgan fingerprint density at radius 1 is 1.15 bits per heavy atom. The van der Waals surface area contributed by atoms with Crippen molar-refractivity contribution in [1.82, 2.24) is 14.7 Å². The average molecular weight is 355 g/mol. The van der Waals surface area contributed by atoms with E-state index < -0.39 is 6.10 Å². The predicted molar refractivity (Wildman–Crippen MR) is 92.0 cm³/mol.